The van der Waals surface area contributed by atoms with Crippen LogP contribution in [-0.2, 0) is 20.5 Å². The maximum Gasteiger partial charge on any atom is 0.412 e. The second kappa shape index (κ2) is 14.7. The molecule has 0 radical (unpaired) electrons. The molecule has 5 N–H and O–H groups in total. The molecule has 254 valence electrons. The first-order chi connectivity index (χ1) is 22.7. The minimum atomic E-state index is -0.835. The average Bonchev–Trinajstić information content (AvgIpc) is 3.06. The number of ether oxygens (including phenoxy) is 2. The van der Waals surface area contributed by atoms with Crippen molar-refractivity contribution in [2.45, 2.75) is 58.4 Å². The Morgan fingerprint density at radius 2 is 1.48 bits per heavy atom. The van der Waals surface area contributed by atoms with E-state index < -0.39 is 24.3 Å². The fourth-order valence-electron chi connectivity index (χ4n) is 5.46. The van der Waals surface area contributed by atoms with E-state index in [9.17, 15) is 14.4 Å². The molecule has 11 heteroatoms. The van der Waals surface area contributed by atoms with E-state index in [4.69, 9.17) is 15.2 Å². The zero-order chi connectivity index (χ0) is 35.2. The van der Waals surface area contributed by atoms with Gasteiger partial charge in [0.2, 0.25) is 0 Å². The molecule has 0 bridgehead atoms. The number of carbonyl (C=O) groups is 3. The molecule has 1 heterocycles. The minimum absolute atomic E-state index is 0.218. The monoisotopic (exact) mass is 654 g/mol. The third-order valence-corrected chi connectivity index (χ3v) is 8.55. The Bertz CT molecular complexity index is 1810. The zero-order valence-corrected chi connectivity index (χ0v) is 29.0. The van der Waals surface area contributed by atoms with Gasteiger partial charge in [0.05, 0.1) is 24.2 Å². The number of benzene rings is 3. The number of anilines is 3. The molecular weight excluding hydrogens is 608 g/mol. The smallest absolute Gasteiger partial charge is 0.412 e. The Kier molecular flexibility index (Phi) is 10.9. The number of urea groups is 1. The summed E-state index contributed by atoms with van der Waals surface area (Å²) in [4.78, 5) is 43.9. The van der Waals surface area contributed by atoms with Crippen LogP contribution in [0.5, 0.6) is 5.75 Å². The maximum atomic E-state index is 13.6. The number of nitrogens with one attached hydrogen (secondary N) is 3. The predicted octanol–water partition coefficient (Wildman–Crippen LogP) is 7.46. The molecule has 0 aliphatic heterocycles. The van der Waals surface area contributed by atoms with Gasteiger partial charge < -0.3 is 30.7 Å². The van der Waals surface area contributed by atoms with Gasteiger partial charge in [0, 0.05) is 43.0 Å². The summed E-state index contributed by atoms with van der Waals surface area (Å²) in [5.41, 5.74) is 11.0. The van der Waals surface area contributed by atoms with Gasteiger partial charge in [-0.05, 0) is 64.6 Å². The van der Waals surface area contributed by atoms with Crippen molar-refractivity contribution in [2.24, 2.45) is 5.73 Å². The standard InChI is InChI=1S/C37H46N6O5/c1-9-37(38,10-2)28-17-18-39-21-27(28)25-15-16-29(26-14-12-11-13-24(25)26)40-34(45)41-30-19-23(36(3,4)5)20-31(33(30)47-8)42-35(46)48-22-32(44)43(6)7/h11-21H,9-10,22,38H2,1-8H3,(H,42,46)(H2,40,41,45). The number of rotatable bonds is 10. The number of pyridine rings is 1. The van der Waals surface area contributed by atoms with Gasteiger partial charge in [-0.1, -0.05) is 65.0 Å². The van der Waals surface area contributed by atoms with Crippen molar-refractivity contribution < 1.29 is 23.9 Å². The van der Waals surface area contributed by atoms with Gasteiger partial charge in [0.1, 0.15) is 0 Å². The van der Waals surface area contributed by atoms with Gasteiger partial charge in [0.25, 0.3) is 5.91 Å². The van der Waals surface area contributed by atoms with Gasteiger partial charge in [-0.2, -0.15) is 0 Å². The van der Waals surface area contributed by atoms with Crippen LogP contribution in [-0.4, -0.2) is 55.7 Å². The molecule has 0 saturated heterocycles. The van der Waals surface area contributed by atoms with Crippen LogP contribution in [0, 0.1) is 0 Å². The number of carbonyl (C=O) groups excluding carboxylic acids is 3. The van der Waals surface area contributed by atoms with Crippen LogP contribution in [0.25, 0.3) is 21.9 Å². The van der Waals surface area contributed by atoms with Crippen molar-refractivity contribution in [1.82, 2.24) is 9.88 Å². The maximum absolute atomic E-state index is 13.6. The number of fused-ring (bicyclic) bond motifs is 1. The van der Waals surface area contributed by atoms with E-state index in [-0.39, 0.29) is 22.8 Å². The quantitative estimate of drug-likeness (QED) is 0.139. The number of nitrogens with zero attached hydrogens (tertiary/aromatic N) is 2. The molecule has 4 rings (SSSR count). The highest BCUT2D eigenvalue weighted by Gasteiger charge is 2.27. The normalized spacial score (nSPS) is 11.5. The first kappa shape index (κ1) is 35.7. The number of amides is 4. The van der Waals surface area contributed by atoms with Gasteiger partial charge in [-0.15, -0.1) is 0 Å². The van der Waals surface area contributed by atoms with Crippen molar-refractivity contribution in [3.8, 4) is 16.9 Å². The Balaban J connectivity index is 1.67. The molecule has 0 saturated carbocycles. The third-order valence-electron chi connectivity index (χ3n) is 8.55. The van der Waals surface area contributed by atoms with Crippen LogP contribution in [0.4, 0.5) is 26.7 Å². The van der Waals surface area contributed by atoms with Gasteiger partial charge >= 0.3 is 12.1 Å². The van der Waals surface area contributed by atoms with Gasteiger partial charge in [-0.25, -0.2) is 9.59 Å². The summed E-state index contributed by atoms with van der Waals surface area (Å²) < 4.78 is 10.8. The molecule has 0 atom stereocenters. The van der Waals surface area contributed by atoms with Crippen LogP contribution in [0.3, 0.4) is 0 Å². The summed E-state index contributed by atoms with van der Waals surface area (Å²) >= 11 is 0. The Morgan fingerprint density at radius 1 is 0.854 bits per heavy atom. The second-order valence-electron chi connectivity index (χ2n) is 12.9. The molecule has 4 amide bonds. The lowest BCUT2D eigenvalue weighted by molar-refractivity contribution is -0.131. The third kappa shape index (κ3) is 7.86. The molecule has 0 unspecified atom stereocenters. The van der Waals surface area contributed by atoms with E-state index in [1.807, 2.05) is 69.4 Å². The van der Waals surface area contributed by atoms with Gasteiger partial charge in [-0.3, -0.25) is 15.1 Å². The fraction of sp³-hybridized carbons (Fsp3) is 0.351. The van der Waals surface area contributed by atoms with Crippen LogP contribution < -0.4 is 26.4 Å². The minimum Gasteiger partial charge on any atom is -0.492 e. The Morgan fingerprint density at radius 3 is 2.08 bits per heavy atom. The number of nitrogens with two attached hydrogens (primary N) is 1. The van der Waals surface area contributed by atoms with Crippen molar-refractivity contribution >= 4 is 45.9 Å². The van der Waals surface area contributed by atoms with Crippen molar-refractivity contribution in [3.05, 3.63) is 78.1 Å². The lowest BCUT2D eigenvalue weighted by Crippen LogP contribution is -2.35. The molecule has 11 nitrogen and oxygen atoms in total. The van der Waals surface area contributed by atoms with Crippen molar-refractivity contribution in [2.75, 3.05) is 43.8 Å². The van der Waals surface area contributed by atoms with E-state index in [2.05, 4.69) is 34.8 Å². The van der Waals surface area contributed by atoms with Crippen LogP contribution >= 0.6 is 0 Å². The highest BCUT2D eigenvalue weighted by molar-refractivity contribution is 6.10. The summed E-state index contributed by atoms with van der Waals surface area (Å²) in [7, 11) is 4.58. The van der Waals surface area contributed by atoms with Crippen LogP contribution in [0.1, 0.15) is 58.6 Å². The molecule has 0 aliphatic carbocycles. The Hall–Kier alpha value is -5.16. The molecule has 1 aromatic heterocycles. The highest BCUT2D eigenvalue weighted by Crippen LogP contribution is 2.41. The lowest BCUT2D eigenvalue weighted by atomic mass is 9.81. The van der Waals surface area contributed by atoms with E-state index in [0.717, 1.165) is 45.9 Å². The molecular formula is C37H46N6O5. The summed E-state index contributed by atoms with van der Waals surface area (Å²) in [6.07, 6.45) is 4.32. The molecule has 48 heavy (non-hydrogen) atoms. The summed E-state index contributed by atoms with van der Waals surface area (Å²) in [6.45, 7) is 9.77. The van der Waals surface area contributed by atoms with E-state index in [1.54, 1.807) is 32.4 Å². The number of likely N-dealkylation sites (N-methyl/N-ethyl adjacent to an activating group) is 1. The highest BCUT2D eigenvalue weighted by atomic mass is 16.6. The molecule has 0 spiro atoms. The fourth-order valence-corrected chi connectivity index (χ4v) is 5.46. The number of methoxy groups -OCH3 is 1. The zero-order valence-electron chi connectivity index (χ0n) is 29.0. The molecule has 0 aliphatic rings. The second-order valence-corrected chi connectivity index (χ2v) is 12.9. The summed E-state index contributed by atoms with van der Waals surface area (Å²) in [5, 5.41) is 10.3. The van der Waals surface area contributed by atoms with Gasteiger partial charge in [0.15, 0.2) is 12.4 Å². The van der Waals surface area contributed by atoms with E-state index in [1.165, 1.54) is 12.0 Å². The summed E-state index contributed by atoms with van der Waals surface area (Å²) in [5.74, 6) is -0.147. The number of hydrogen-bond acceptors (Lipinski definition) is 7. The van der Waals surface area contributed by atoms with Crippen LogP contribution in [0.2, 0.25) is 0 Å². The van der Waals surface area contributed by atoms with Crippen molar-refractivity contribution in [3.63, 3.8) is 0 Å². The van der Waals surface area contributed by atoms with Crippen LogP contribution in [0.15, 0.2) is 67.0 Å². The molecule has 3 aromatic carbocycles. The number of aromatic nitrogens is 1. The summed E-state index contributed by atoms with van der Waals surface area (Å²) in [6, 6.07) is 16.7. The first-order valence-corrected chi connectivity index (χ1v) is 15.9. The average molecular weight is 655 g/mol. The SMILES string of the molecule is CCC(N)(CC)c1ccncc1-c1ccc(NC(=O)Nc2cc(C(C)(C)C)cc(NC(=O)OCC(=O)N(C)C)c2OC)c2ccccc12. The molecule has 4 aromatic rings. The molecule has 0 fully saturated rings. The largest absolute Gasteiger partial charge is 0.492 e. The van der Waals surface area contributed by atoms with E-state index in [0.29, 0.717) is 11.4 Å². The first-order valence-electron chi connectivity index (χ1n) is 15.9. The lowest BCUT2D eigenvalue weighted by Gasteiger charge is -2.30. The Labute approximate surface area is 282 Å². The van der Waals surface area contributed by atoms with E-state index >= 15 is 0 Å². The van der Waals surface area contributed by atoms with Crippen molar-refractivity contribution in [1.29, 1.82) is 0 Å². The predicted molar refractivity (Wildman–Crippen MR) is 192 cm³/mol. The topological polar surface area (TPSA) is 148 Å². The number of hydrogen-bond donors (Lipinski definition) is 4.